The number of aromatic amines is 1. The third kappa shape index (κ3) is 4.79. The number of piperidine rings is 1. The molecule has 3 heterocycles. The van der Waals surface area contributed by atoms with E-state index in [1.54, 1.807) is 12.1 Å². The average molecular weight is 463 g/mol. The Kier molecular flexibility index (Phi) is 6.27. The summed E-state index contributed by atoms with van der Waals surface area (Å²) < 4.78 is 16.7. The van der Waals surface area contributed by atoms with Gasteiger partial charge in [-0.2, -0.15) is 0 Å². The van der Waals surface area contributed by atoms with Crippen molar-refractivity contribution in [3.05, 3.63) is 93.0 Å². The summed E-state index contributed by atoms with van der Waals surface area (Å²) in [5.74, 6) is 0.567. The number of likely N-dealkylation sites (tertiary alicyclic amines) is 1. The van der Waals surface area contributed by atoms with E-state index in [9.17, 15) is 14.0 Å². The predicted molar refractivity (Wildman–Crippen MR) is 130 cm³/mol. The highest BCUT2D eigenvalue weighted by Crippen LogP contribution is 2.24. The van der Waals surface area contributed by atoms with E-state index in [2.05, 4.69) is 19.8 Å². The number of para-hydroxylation sites is 2. The van der Waals surface area contributed by atoms with Crippen molar-refractivity contribution >= 4 is 17.0 Å². The van der Waals surface area contributed by atoms with Gasteiger partial charge in [-0.1, -0.05) is 24.3 Å². The summed E-state index contributed by atoms with van der Waals surface area (Å²) >= 11 is 0. The van der Waals surface area contributed by atoms with Crippen LogP contribution in [0.15, 0.2) is 70.4 Å². The van der Waals surface area contributed by atoms with E-state index in [0.717, 1.165) is 48.5 Å². The number of hydrogen-bond donors (Lipinski definition) is 2. The number of nitrogens with one attached hydrogen (secondary N) is 2. The van der Waals surface area contributed by atoms with Gasteiger partial charge in [0, 0.05) is 44.5 Å². The van der Waals surface area contributed by atoms with Gasteiger partial charge in [0.25, 0.3) is 5.56 Å². The molecule has 1 fully saturated rings. The minimum atomic E-state index is -0.371. The molecule has 9 heteroatoms. The summed E-state index contributed by atoms with van der Waals surface area (Å²) in [4.78, 5) is 33.4. The summed E-state index contributed by atoms with van der Waals surface area (Å²) in [6.07, 6.45) is 3.24. The van der Waals surface area contributed by atoms with Crippen LogP contribution in [0.1, 0.15) is 18.4 Å². The number of imidazole rings is 1. The summed E-state index contributed by atoms with van der Waals surface area (Å²) in [6, 6.07) is 16.2. The second-order valence-corrected chi connectivity index (χ2v) is 8.67. The second-order valence-electron chi connectivity index (χ2n) is 8.67. The molecule has 0 saturated carbocycles. The van der Waals surface area contributed by atoms with Gasteiger partial charge in [0.2, 0.25) is 5.95 Å². The van der Waals surface area contributed by atoms with E-state index in [1.165, 1.54) is 29.0 Å². The van der Waals surface area contributed by atoms with Gasteiger partial charge in [-0.25, -0.2) is 14.2 Å². The lowest BCUT2D eigenvalue weighted by Gasteiger charge is -2.32. The zero-order chi connectivity index (χ0) is 23.5. The van der Waals surface area contributed by atoms with Gasteiger partial charge < -0.3 is 19.8 Å². The average Bonchev–Trinajstić information content (AvgIpc) is 3.18. The van der Waals surface area contributed by atoms with Crippen LogP contribution in [0.5, 0.6) is 0 Å². The molecule has 2 N–H and O–H groups in total. The molecule has 34 heavy (non-hydrogen) atoms. The maximum atomic E-state index is 13.4. The number of halogens is 1. The third-order valence-corrected chi connectivity index (χ3v) is 6.41. The van der Waals surface area contributed by atoms with Gasteiger partial charge in [0.15, 0.2) is 0 Å². The number of hydrogen-bond acceptors (Lipinski definition) is 5. The summed E-state index contributed by atoms with van der Waals surface area (Å²) in [6.45, 7) is 3.37. The molecule has 0 unspecified atom stereocenters. The number of anilines is 1. The van der Waals surface area contributed by atoms with Crippen LogP contribution in [0.4, 0.5) is 10.3 Å². The number of fused-ring (bicyclic) bond motifs is 1. The Hall–Kier alpha value is -3.72. The van der Waals surface area contributed by atoms with Gasteiger partial charge >= 0.3 is 5.69 Å². The lowest BCUT2D eigenvalue weighted by atomic mass is 10.1. The standard InChI is InChI=1S/C25H27FN6O2/c26-19-7-5-18(6-8-19)17-32-22-4-2-1-3-21(22)29-24(32)28-20-10-13-30(14-11-20)15-16-31-23(33)9-12-27-25(31)34/h1-9,12,20H,10-11,13-17H2,(H,27,34)(H,28,29). The van der Waals surface area contributed by atoms with Gasteiger partial charge in [-0.15, -0.1) is 0 Å². The van der Waals surface area contributed by atoms with Crippen LogP contribution in [0.25, 0.3) is 11.0 Å². The molecule has 176 valence electrons. The van der Waals surface area contributed by atoms with E-state index >= 15 is 0 Å². The zero-order valence-electron chi connectivity index (χ0n) is 18.8. The van der Waals surface area contributed by atoms with E-state index in [1.807, 2.05) is 24.3 Å². The molecule has 5 rings (SSSR count). The SMILES string of the molecule is O=c1cc[nH]c(=O)n1CCN1CCC(Nc2nc3ccccc3n2Cc2ccc(F)cc2)CC1. The van der Waals surface area contributed by atoms with Crippen molar-refractivity contribution in [2.75, 3.05) is 25.0 Å². The highest BCUT2D eigenvalue weighted by Gasteiger charge is 2.21. The lowest BCUT2D eigenvalue weighted by Crippen LogP contribution is -2.43. The van der Waals surface area contributed by atoms with Crippen molar-refractivity contribution in [1.82, 2.24) is 24.0 Å². The second kappa shape index (κ2) is 9.64. The van der Waals surface area contributed by atoms with Crippen molar-refractivity contribution in [2.24, 2.45) is 0 Å². The van der Waals surface area contributed by atoms with Crippen LogP contribution in [0.3, 0.4) is 0 Å². The Morgan fingerprint density at radius 2 is 1.74 bits per heavy atom. The number of benzene rings is 2. The topological polar surface area (TPSA) is 87.9 Å². The summed E-state index contributed by atoms with van der Waals surface area (Å²) in [5.41, 5.74) is 2.31. The lowest BCUT2D eigenvalue weighted by molar-refractivity contribution is 0.209. The molecule has 0 radical (unpaired) electrons. The first-order chi connectivity index (χ1) is 16.6. The van der Waals surface area contributed by atoms with E-state index in [4.69, 9.17) is 4.98 Å². The fraction of sp³-hybridized carbons (Fsp3) is 0.320. The largest absolute Gasteiger partial charge is 0.353 e. The Labute approximate surface area is 195 Å². The van der Waals surface area contributed by atoms with Crippen molar-refractivity contribution in [2.45, 2.75) is 32.0 Å². The number of rotatable bonds is 7. The molecule has 2 aromatic heterocycles. The van der Waals surface area contributed by atoms with Gasteiger partial charge in [-0.05, 0) is 42.7 Å². The number of aromatic nitrogens is 4. The van der Waals surface area contributed by atoms with Crippen LogP contribution in [-0.2, 0) is 13.1 Å². The molecule has 4 aromatic rings. The van der Waals surface area contributed by atoms with Crippen LogP contribution in [0, 0.1) is 5.82 Å². The molecule has 8 nitrogen and oxygen atoms in total. The van der Waals surface area contributed by atoms with E-state index in [-0.39, 0.29) is 23.1 Å². The molecular formula is C25H27FN6O2. The Bertz CT molecular complexity index is 1350. The molecular weight excluding hydrogens is 435 g/mol. The van der Waals surface area contributed by atoms with Gasteiger partial charge in [0.05, 0.1) is 17.6 Å². The highest BCUT2D eigenvalue weighted by molar-refractivity contribution is 5.78. The minimum Gasteiger partial charge on any atom is -0.353 e. The molecule has 1 aliphatic rings. The number of nitrogens with zero attached hydrogens (tertiary/aromatic N) is 4. The summed E-state index contributed by atoms with van der Waals surface area (Å²) in [7, 11) is 0. The highest BCUT2D eigenvalue weighted by atomic mass is 19.1. The monoisotopic (exact) mass is 462 g/mol. The molecule has 0 atom stereocenters. The molecule has 0 bridgehead atoms. The van der Waals surface area contributed by atoms with Gasteiger partial charge in [0.1, 0.15) is 5.82 Å². The van der Waals surface area contributed by atoms with E-state index in [0.29, 0.717) is 19.6 Å². The molecule has 1 aliphatic heterocycles. The first-order valence-electron chi connectivity index (χ1n) is 11.5. The van der Waals surface area contributed by atoms with Crippen molar-refractivity contribution in [1.29, 1.82) is 0 Å². The minimum absolute atomic E-state index is 0.244. The van der Waals surface area contributed by atoms with Crippen LogP contribution in [-0.4, -0.2) is 49.7 Å². The first-order valence-corrected chi connectivity index (χ1v) is 11.5. The molecule has 0 amide bonds. The number of H-pyrrole nitrogens is 1. The maximum absolute atomic E-state index is 13.4. The zero-order valence-corrected chi connectivity index (χ0v) is 18.8. The molecule has 0 aliphatic carbocycles. The van der Waals surface area contributed by atoms with Crippen LogP contribution < -0.4 is 16.6 Å². The molecule has 0 spiro atoms. The van der Waals surface area contributed by atoms with Crippen molar-refractivity contribution < 1.29 is 4.39 Å². The molecule has 1 saturated heterocycles. The smallest absolute Gasteiger partial charge is 0.328 e. The Morgan fingerprint density at radius 3 is 2.50 bits per heavy atom. The summed E-state index contributed by atoms with van der Waals surface area (Å²) in [5, 5.41) is 3.62. The van der Waals surface area contributed by atoms with Crippen LogP contribution >= 0.6 is 0 Å². The quantitative estimate of drug-likeness (QED) is 0.441. The van der Waals surface area contributed by atoms with E-state index < -0.39 is 0 Å². The van der Waals surface area contributed by atoms with Gasteiger partial charge in [-0.3, -0.25) is 9.36 Å². The molecule has 2 aromatic carbocycles. The Balaban J connectivity index is 1.25. The fourth-order valence-electron chi connectivity index (χ4n) is 4.51. The van der Waals surface area contributed by atoms with Crippen molar-refractivity contribution in [3.8, 4) is 0 Å². The first kappa shape index (κ1) is 22.1. The fourth-order valence-corrected chi connectivity index (χ4v) is 4.51. The maximum Gasteiger partial charge on any atom is 0.328 e. The third-order valence-electron chi connectivity index (χ3n) is 6.41. The predicted octanol–water partition coefficient (Wildman–Crippen LogP) is 2.65. The Morgan fingerprint density at radius 1 is 0.971 bits per heavy atom. The van der Waals surface area contributed by atoms with Crippen molar-refractivity contribution in [3.63, 3.8) is 0 Å². The van der Waals surface area contributed by atoms with Crippen LogP contribution in [0.2, 0.25) is 0 Å². The normalized spacial score (nSPS) is 15.1.